The van der Waals surface area contributed by atoms with Crippen molar-refractivity contribution in [3.63, 3.8) is 0 Å². The minimum Gasteiger partial charge on any atom is -0.493 e. The Balaban J connectivity index is 1.25. The van der Waals surface area contributed by atoms with E-state index in [-0.39, 0.29) is 11.8 Å². The Bertz CT molecular complexity index is 1370. The summed E-state index contributed by atoms with van der Waals surface area (Å²) in [4.78, 5) is 33.1. The molecule has 2 aliphatic rings. The SMILES string of the molecule is CCOCC1CC(C)CN(C(=O)C2(C(=O)Nc3ccc(Oc4ccnc5cc(OC)c(OC)cc45)cc3)CC2)C1. The van der Waals surface area contributed by atoms with Gasteiger partial charge in [-0.15, -0.1) is 0 Å². The number of benzene rings is 2. The zero-order valence-corrected chi connectivity index (χ0v) is 23.6. The van der Waals surface area contributed by atoms with E-state index in [0.29, 0.717) is 85.2 Å². The minimum atomic E-state index is -0.974. The van der Waals surface area contributed by atoms with E-state index in [1.165, 1.54) is 0 Å². The number of rotatable bonds is 10. The molecule has 0 spiro atoms. The fraction of sp³-hybridized carbons (Fsp3) is 0.452. The molecule has 1 aliphatic carbocycles. The zero-order valence-electron chi connectivity index (χ0n) is 23.6. The Morgan fingerprint density at radius 1 is 1.02 bits per heavy atom. The second-order valence-corrected chi connectivity index (χ2v) is 10.8. The van der Waals surface area contributed by atoms with Gasteiger partial charge in [0.05, 0.1) is 26.3 Å². The van der Waals surface area contributed by atoms with Crippen LogP contribution in [-0.2, 0) is 14.3 Å². The highest BCUT2D eigenvalue weighted by Crippen LogP contribution is 2.49. The molecule has 3 aromatic rings. The number of aromatic nitrogens is 1. The van der Waals surface area contributed by atoms with Crippen molar-refractivity contribution in [3.05, 3.63) is 48.7 Å². The predicted molar refractivity (Wildman–Crippen MR) is 152 cm³/mol. The van der Waals surface area contributed by atoms with E-state index in [4.69, 9.17) is 18.9 Å². The third kappa shape index (κ3) is 5.70. The van der Waals surface area contributed by atoms with Crippen molar-refractivity contribution < 1.29 is 28.5 Å². The third-order valence-electron chi connectivity index (χ3n) is 7.73. The van der Waals surface area contributed by atoms with Crippen LogP contribution in [0.15, 0.2) is 48.7 Å². The third-order valence-corrected chi connectivity index (χ3v) is 7.73. The van der Waals surface area contributed by atoms with E-state index >= 15 is 0 Å². The Morgan fingerprint density at radius 3 is 2.42 bits per heavy atom. The molecular weight excluding hydrogens is 510 g/mol. The van der Waals surface area contributed by atoms with Gasteiger partial charge in [-0.3, -0.25) is 14.6 Å². The lowest BCUT2D eigenvalue weighted by Gasteiger charge is -2.38. The molecule has 1 aliphatic heterocycles. The number of nitrogens with one attached hydrogen (secondary N) is 1. The number of anilines is 1. The largest absolute Gasteiger partial charge is 0.493 e. The Morgan fingerprint density at radius 2 is 1.75 bits per heavy atom. The lowest BCUT2D eigenvalue weighted by molar-refractivity contribution is -0.145. The van der Waals surface area contributed by atoms with Crippen molar-refractivity contribution >= 4 is 28.4 Å². The predicted octanol–water partition coefficient (Wildman–Crippen LogP) is 5.28. The van der Waals surface area contributed by atoms with Gasteiger partial charge in [-0.1, -0.05) is 6.92 Å². The summed E-state index contributed by atoms with van der Waals surface area (Å²) in [5, 5.41) is 3.74. The summed E-state index contributed by atoms with van der Waals surface area (Å²) in [6, 6.07) is 12.6. The first-order valence-electron chi connectivity index (χ1n) is 13.8. The number of nitrogens with zero attached hydrogens (tertiary/aromatic N) is 2. The molecule has 1 saturated heterocycles. The highest BCUT2D eigenvalue weighted by Gasteiger charge is 2.58. The average molecular weight is 548 g/mol. The summed E-state index contributed by atoms with van der Waals surface area (Å²) in [7, 11) is 3.16. The first kappa shape index (κ1) is 27.7. The second kappa shape index (κ2) is 11.7. The first-order valence-corrected chi connectivity index (χ1v) is 13.8. The van der Waals surface area contributed by atoms with Gasteiger partial charge < -0.3 is 29.2 Å². The quantitative estimate of drug-likeness (QED) is 0.345. The van der Waals surface area contributed by atoms with E-state index in [1.807, 2.05) is 17.9 Å². The Labute approximate surface area is 234 Å². The number of carbonyl (C=O) groups excluding carboxylic acids is 2. The molecule has 2 unspecified atom stereocenters. The first-order chi connectivity index (χ1) is 19.4. The number of likely N-dealkylation sites (tertiary alicyclic amines) is 1. The summed E-state index contributed by atoms with van der Waals surface area (Å²) in [5.74, 6) is 2.77. The smallest absolute Gasteiger partial charge is 0.240 e. The van der Waals surface area contributed by atoms with E-state index in [2.05, 4.69) is 17.2 Å². The van der Waals surface area contributed by atoms with Crippen LogP contribution in [0.1, 0.15) is 33.1 Å². The topological polar surface area (TPSA) is 99.2 Å². The number of ether oxygens (including phenoxy) is 4. The minimum absolute atomic E-state index is 0.0605. The lowest BCUT2D eigenvalue weighted by Crippen LogP contribution is -2.50. The maximum atomic E-state index is 13.5. The number of amides is 2. The van der Waals surface area contributed by atoms with Crippen LogP contribution in [0.25, 0.3) is 10.9 Å². The van der Waals surface area contributed by atoms with Crippen molar-refractivity contribution in [2.75, 3.05) is 45.8 Å². The molecule has 40 heavy (non-hydrogen) atoms. The van der Waals surface area contributed by atoms with Gasteiger partial charge in [0.15, 0.2) is 11.5 Å². The molecule has 2 fully saturated rings. The molecule has 0 radical (unpaired) electrons. The molecule has 1 aromatic heterocycles. The summed E-state index contributed by atoms with van der Waals surface area (Å²) in [6.07, 6.45) is 3.85. The van der Waals surface area contributed by atoms with Crippen molar-refractivity contribution in [1.82, 2.24) is 9.88 Å². The number of pyridine rings is 1. The van der Waals surface area contributed by atoms with Crippen LogP contribution >= 0.6 is 0 Å². The Kier molecular flexibility index (Phi) is 8.12. The highest BCUT2D eigenvalue weighted by atomic mass is 16.5. The van der Waals surface area contributed by atoms with Crippen LogP contribution in [0.3, 0.4) is 0 Å². The van der Waals surface area contributed by atoms with E-state index in [0.717, 1.165) is 11.8 Å². The van der Waals surface area contributed by atoms with E-state index in [1.54, 1.807) is 56.8 Å². The molecule has 9 nitrogen and oxygen atoms in total. The van der Waals surface area contributed by atoms with E-state index < -0.39 is 5.41 Å². The molecule has 2 aromatic carbocycles. The number of piperidine rings is 1. The van der Waals surface area contributed by atoms with Gasteiger partial charge in [0.1, 0.15) is 16.9 Å². The summed E-state index contributed by atoms with van der Waals surface area (Å²) >= 11 is 0. The normalized spacial score (nSPS) is 19.6. The van der Waals surface area contributed by atoms with Crippen LogP contribution < -0.4 is 19.5 Å². The molecule has 9 heteroatoms. The number of methoxy groups -OCH3 is 2. The fourth-order valence-electron chi connectivity index (χ4n) is 5.54. The molecule has 2 heterocycles. The molecule has 0 bridgehead atoms. The number of hydrogen-bond donors (Lipinski definition) is 1. The van der Waals surface area contributed by atoms with Gasteiger partial charge in [0.25, 0.3) is 0 Å². The van der Waals surface area contributed by atoms with Crippen LogP contribution in [0.4, 0.5) is 5.69 Å². The van der Waals surface area contributed by atoms with Crippen molar-refractivity contribution in [2.24, 2.45) is 17.3 Å². The Hall–Kier alpha value is -3.85. The zero-order chi connectivity index (χ0) is 28.3. The van der Waals surface area contributed by atoms with Crippen molar-refractivity contribution in [3.8, 4) is 23.0 Å². The van der Waals surface area contributed by atoms with Gasteiger partial charge in [-0.2, -0.15) is 0 Å². The molecule has 1 saturated carbocycles. The molecule has 1 N–H and O–H groups in total. The lowest BCUT2D eigenvalue weighted by atomic mass is 9.89. The monoisotopic (exact) mass is 547 g/mol. The molecular formula is C31H37N3O6. The van der Waals surface area contributed by atoms with Crippen LogP contribution in [0.5, 0.6) is 23.0 Å². The summed E-state index contributed by atoms with van der Waals surface area (Å²) < 4.78 is 22.6. The van der Waals surface area contributed by atoms with Crippen LogP contribution in [0.2, 0.25) is 0 Å². The number of fused-ring (bicyclic) bond motifs is 1. The fourth-order valence-corrected chi connectivity index (χ4v) is 5.54. The standard InChI is InChI=1S/C31H37N3O6/c1-5-39-19-21-14-20(2)17-34(18-21)30(36)31(11-12-31)29(35)33-22-6-8-23(9-7-22)40-26-10-13-32-25-16-28(38-4)27(37-3)15-24(25)26/h6-10,13,15-16,20-21H,5,11-12,14,17-19H2,1-4H3,(H,33,35). The van der Waals surface area contributed by atoms with Gasteiger partial charge in [0, 0.05) is 49.0 Å². The van der Waals surface area contributed by atoms with Gasteiger partial charge in [-0.25, -0.2) is 0 Å². The number of carbonyl (C=O) groups is 2. The maximum absolute atomic E-state index is 13.5. The molecule has 212 valence electrons. The summed E-state index contributed by atoms with van der Waals surface area (Å²) in [6.45, 7) is 6.78. The van der Waals surface area contributed by atoms with Crippen molar-refractivity contribution in [2.45, 2.75) is 33.1 Å². The van der Waals surface area contributed by atoms with E-state index in [9.17, 15) is 9.59 Å². The average Bonchev–Trinajstić information content (AvgIpc) is 3.78. The maximum Gasteiger partial charge on any atom is 0.240 e. The van der Waals surface area contributed by atoms with Crippen LogP contribution in [-0.4, -0.2) is 62.2 Å². The van der Waals surface area contributed by atoms with Gasteiger partial charge in [-0.05, 0) is 68.5 Å². The summed E-state index contributed by atoms with van der Waals surface area (Å²) in [5.41, 5.74) is 0.354. The molecule has 2 amide bonds. The molecule has 2 atom stereocenters. The van der Waals surface area contributed by atoms with Crippen molar-refractivity contribution in [1.29, 1.82) is 0 Å². The van der Waals surface area contributed by atoms with Crippen LogP contribution in [0, 0.1) is 17.3 Å². The number of hydrogen-bond acceptors (Lipinski definition) is 7. The second-order valence-electron chi connectivity index (χ2n) is 10.8. The highest BCUT2D eigenvalue weighted by molar-refractivity contribution is 6.13. The molecule has 5 rings (SSSR count). The van der Waals surface area contributed by atoms with Gasteiger partial charge in [0.2, 0.25) is 11.8 Å². The van der Waals surface area contributed by atoms with Gasteiger partial charge >= 0.3 is 0 Å².